The molecule has 0 spiro atoms. The lowest BCUT2D eigenvalue weighted by atomic mass is 9.94. The zero-order valence-electron chi connectivity index (χ0n) is 13.9. The van der Waals surface area contributed by atoms with Crippen LogP contribution in [0.4, 0.5) is 5.82 Å². The number of nitrogens with two attached hydrogens (primary N) is 1. The topological polar surface area (TPSA) is 98.1 Å². The molecule has 0 aromatic carbocycles. The lowest BCUT2D eigenvalue weighted by Gasteiger charge is -2.36. The fourth-order valence-corrected chi connectivity index (χ4v) is 3.21. The van der Waals surface area contributed by atoms with Crippen LogP contribution in [0.25, 0.3) is 11.0 Å². The number of nitrogens with zero attached hydrogens (tertiary/aromatic N) is 2. The molecule has 1 saturated carbocycles. The first-order chi connectivity index (χ1) is 11.8. The molecule has 7 nitrogen and oxygen atoms in total. The Morgan fingerprint density at radius 1 is 1.33 bits per heavy atom. The van der Waals surface area contributed by atoms with E-state index < -0.39 is 0 Å². The van der Waals surface area contributed by atoms with Gasteiger partial charge in [-0.2, -0.15) is 0 Å². The van der Waals surface area contributed by atoms with Crippen molar-refractivity contribution in [2.75, 3.05) is 38.2 Å². The van der Waals surface area contributed by atoms with E-state index in [-0.39, 0.29) is 5.60 Å². The predicted molar refractivity (Wildman–Crippen MR) is 92.1 cm³/mol. The quantitative estimate of drug-likeness (QED) is 0.669. The van der Waals surface area contributed by atoms with Crippen molar-refractivity contribution >= 4 is 16.9 Å². The fourth-order valence-electron chi connectivity index (χ4n) is 3.21. The van der Waals surface area contributed by atoms with Crippen molar-refractivity contribution in [3.05, 3.63) is 18.1 Å². The summed E-state index contributed by atoms with van der Waals surface area (Å²) in [6.45, 7) is 3.30. The Morgan fingerprint density at radius 3 is 2.92 bits per heavy atom. The largest absolute Gasteiger partial charge is 0.381 e. The number of ether oxygens (including phenoxy) is 2. The van der Waals surface area contributed by atoms with E-state index in [0.717, 1.165) is 48.7 Å². The Kier molecular flexibility index (Phi) is 4.39. The van der Waals surface area contributed by atoms with Gasteiger partial charge in [-0.25, -0.2) is 9.97 Å². The molecule has 3 heterocycles. The van der Waals surface area contributed by atoms with Gasteiger partial charge in [-0.05, 0) is 18.9 Å². The average molecular weight is 331 g/mol. The smallest absolute Gasteiger partial charge is 0.143 e. The van der Waals surface area contributed by atoms with Crippen LogP contribution in [0.3, 0.4) is 0 Å². The molecule has 0 bridgehead atoms. The zero-order chi connectivity index (χ0) is 16.4. The second kappa shape index (κ2) is 6.66. The molecule has 1 aliphatic heterocycles. The molecule has 24 heavy (non-hydrogen) atoms. The molecule has 4 rings (SSSR count). The normalized spacial score (nSPS) is 20.4. The minimum atomic E-state index is -0.228. The number of hydrogen-bond acceptors (Lipinski definition) is 6. The summed E-state index contributed by atoms with van der Waals surface area (Å²) in [5, 5.41) is 4.44. The molecule has 4 N–H and O–H groups in total. The molecule has 2 aliphatic rings. The Morgan fingerprint density at radius 2 is 2.17 bits per heavy atom. The molecular weight excluding hydrogens is 306 g/mol. The number of nitrogens with one attached hydrogen (secondary N) is 2. The highest BCUT2D eigenvalue weighted by Crippen LogP contribution is 2.39. The van der Waals surface area contributed by atoms with Gasteiger partial charge in [0.2, 0.25) is 0 Å². The maximum Gasteiger partial charge on any atom is 0.143 e. The second-order valence-corrected chi connectivity index (χ2v) is 6.72. The lowest BCUT2D eigenvalue weighted by Crippen LogP contribution is -2.46. The number of aromatic amines is 1. The van der Waals surface area contributed by atoms with Gasteiger partial charge in [0, 0.05) is 51.3 Å². The SMILES string of the molecule is NCC1(OCCNc2nc(C3CC3)nc3[nH]ccc23)CCOCC1. The average Bonchev–Trinajstić information content (AvgIpc) is 3.37. The van der Waals surface area contributed by atoms with Crippen LogP contribution in [0, 0.1) is 0 Å². The van der Waals surface area contributed by atoms with Crippen LogP contribution in [-0.2, 0) is 9.47 Å². The number of fused-ring (bicyclic) bond motifs is 1. The third kappa shape index (κ3) is 3.24. The summed E-state index contributed by atoms with van der Waals surface area (Å²) in [6.07, 6.45) is 6.02. The molecular formula is C17H25N5O2. The third-order valence-electron chi connectivity index (χ3n) is 4.95. The summed E-state index contributed by atoms with van der Waals surface area (Å²) < 4.78 is 11.5. The lowest BCUT2D eigenvalue weighted by molar-refractivity contribution is -0.101. The second-order valence-electron chi connectivity index (χ2n) is 6.72. The Hall–Kier alpha value is -1.70. The summed E-state index contributed by atoms with van der Waals surface area (Å²) in [5.41, 5.74) is 6.60. The van der Waals surface area contributed by atoms with Gasteiger partial charge in [-0.15, -0.1) is 0 Å². The number of anilines is 1. The van der Waals surface area contributed by atoms with E-state index in [2.05, 4.69) is 15.3 Å². The summed E-state index contributed by atoms with van der Waals surface area (Å²) in [6, 6.07) is 2.01. The van der Waals surface area contributed by atoms with Crippen molar-refractivity contribution in [1.82, 2.24) is 15.0 Å². The molecule has 7 heteroatoms. The zero-order valence-corrected chi connectivity index (χ0v) is 13.9. The molecule has 2 aromatic heterocycles. The van der Waals surface area contributed by atoms with Crippen molar-refractivity contribution in [1.29, 1.82) is 0 Å². The number of aromatic nitrogens is 3. The van der Waals surface area contributed by atoms with Gasteiger partial charge in [0.1, 0.15) is 17.3 Å². The van der Waals surface area contributed by atoms with Crippen LogP contribution in [0.15, 0.2) is 12.3 Å². The predicted octanol–water partition coefficient (Wildman–Crippen LogP) is 1.77. The molecule has 2 fully saturated rings. The van der Waals surface area contributed by atoms with Crippen LogP contribution in [0.5, 0.6) is 0 Å². The maximum atomic E-state index is 6.11. The van der Waals surface area contributed by atoms with Gasteiger partial charge >= 0.3 is 0 Å². The van der Waals surface area contributed by atoms with Gasteiger partial charge in [0.05, 0.1) is 17.6 Å². The molecule has 0 atom stereocenters. The summed E-state index contributed by atoms with van der Waals surface area (Å²) in [5.74, 6) is 2.36. The standard InChI is InChI=1S/C17H25N5O2/c18-11-17(4-8-23-9-5-17)24-10-7-20-16-13-3-6-19-15(13)21-14(22-16)12-1-2-12/h3,6,12H,1-2,4-5,7-11,18H2,(H2,19,20,21,22). The molecule has 0 amide bonds. The minimum Gasteiger partial charge on any atom is -0.381 e. The van der Waals surface area contributed by atoms with Crippen molar-refractivity contribution < 1.29 is 9.47 Å². The van der Waals surface area contributed by atoms with Gasteiger partial charge in [-0.1, -0.05) is 0 Å². The highest BCUT2D eigenvalue weighted by molar-refractivity contribution is 5.87. The fraction of sp³-hybridized carbons (Fsp3) is 0.647. The summed E-state index contributed by atoms with van der Waals surface area (Å²) in [7, 11) is 0. The van der Waals surface area contributed by atoms with E-state index in [1.54, 1.807) is 0 Å². The monoisotopic (exact) mass is 331 g/mol. The summed E-state index contributed by atoms with van der Waals surface area (Å²) >= 11 is 0. The van der Waals surface area contributed by atoms with Crippen LogP contribution in [-0.4, -0.2) is 53.5 Å². The molecule has 130 valence electrons. The number of hydrogen-bond donors (Lipinski definition) is 3. The van der Waals surface area contributed by atoms with Crippen LogP contribution in [0.1, 0.15) is 37.4 Å². The van der Waals surface area contributed by atoms with Gasteiger partial charge in [0.25, 0.3) is 0 Å². The first-order valence-electron chi connectivity index (χ1n) is 8.80. The van der Waals surface area contributed by atoms with Crippen LogP contribution >= 0.6 is 0 Å². The molecule has 1 aliphatic carbocycles. The first-order valence-corrected chi connectivity index (χ1v) is 8.80. The van der Waals surface area contributed by atoms with Crippen molar-refractivity contribution in [3.63, 3.8) is 0 Å². The van der Waals surface area contributed by atoms with E-state index in [0.29, 0.717) is 25.6 Å². The van der Waals surface area contributed by atoms with Crippen LogP contribution in [0.2, 0.25) is 0 Å². The van der Waals surface area contributed by atoms with E-state index in [1.165, 1.54) is 12.8 Å². The van der Waals surface area contributed by atoms with E-state index in [9.17, 15) is 0 Å². The van der Waals surface area contributed by atoms with Gasteiger partial charge in [-0.3, -0.25) is 0 Å². The molecule has 1 saturated heterocycles. The Balaban J connectivity index is 1.39. The maximum absolute atomic E-state index is 6.11. The molecule has 0 unspecified atom stereocenters. The van der Waals surface area contributed by atoms with E-state index in [1.807, 2.05) is 12.3 Å². The van der Waals surface area contributed by atoms with Crippen molar-refractivity contribution in [3.8, 4) is 0 Å². The highest BCUT2D eigenvalue weighted by atomic mass is 16.5. The van der Waals surface area contributed by atoms with Crippen LogP contribution < -0.4 is 11.1 Å². The number of rotatable bonds is 7. The van der Waals surface area contributed by atoms with Gasteiger partial charge in [0.15, 0.2) is 0 Å². The minimum absolute atomic E-state index is 0.228. The third-order valence-corrected chi connectivity index (χ3v) is 4.95. The van der Waals surface area contributed by atoms with Crippen molar-refractivity contribution in [2.24, 2.45) is 5.73 Å². The van der Waals surface area contributed by atoms with Gasteiger partial charge < -0.3 is 25.5 Å². The Labute approximate surface area is 141 Å². The summed E-state index contributed by atoms with van der Waals surface area (Å²) in [4.78, 5) is 12.5. The molecule has 2 aromatic rings. The first kappa shape index (κ1) is 15.8. The highest BCUT2D eigenvalue weighted by Gasteiger charge is 2.32. The molecule has 0 radical (unpaired) electrons. The van der Waals surface area contributed by atoms with E-state index in [4.69, 9.17) is 20.2 Å². The van der Waals surface area contributed by atoms with Crippen molar-refractivity contribution in [2.45, 2.75) is 37.2 Å². The Bertz CT molecular complexity index is 691. The van der Waals surface area contributed by atoms with E-state index >= 15 is 0 Å². The number of H-pyrrole nitrogens is 1.